The summed E-state index contributed by atoms with van der Waals surface area (Å²) in [6.45, 7) is 1.87. The van der Waals surface area contributed by atoms with Crippen LogP contribution in [0.4, 0.5) is 0 Å². The normalized spacial score (nSPS) is 12.5. The van der Waals surface area contributed by atoms with Crippen LogP contribution in [0, 0.1) is 0 Å². The van der Waals surface area contributed by atoms with Gasteiger partial charge < -0.3 is 9.84 Å². The molecule has 1 heterocycles. The van der Waals surface area contributed by atoms with Crippen molar-refractivity contribution < 1.29 is 14.6 Å². The number of rotatable bonds is 4. The van der Waals surface area contributed by atoms with Crippen molar-refractivity contribution in [1.29, 1.82) is 0 Å². The van der Waals surface area contributed by atoms with Gasteiger partial charge in [0.1, 0.15) is 5.82 Å². The number of carboxylic acids is 1. The number of ether oxygens (including phenoxy) is 1. The summed E-state index contributed by atoms with van der Waals surface area (Å²) >= 11 is 3.08. The Balaban J connectivity index is 2.92. The molecule has 15 heavy (non-hydrogen) atoms. The average Bonchev–Trinajstić information content (AvgIpc) is 2.20. The van der Waals surface area contributed by atoms with E-state index < -0.39 is 5.97 Å². The van der Waals surface area contributed by atoms with Crippen molar-refractivity contribution >= 4 is 21.9 Å². The predicted octanol–water partition coefficient (Wildman–Crippen LogP) is 1.51. The van der Waals surface area contributed by atoms with Gasteiger partial charge in [-0.15, -0.1) is 0 Å². The summed E-state index contributed by atoms with van der Waals surface area (Å²) in [7, 11) is 1.58. The van der Waals surface area contributed by atoms with E-state index in [-0.39, 0.29) is 11.8 Å². The Hall–Kier alpha value is -1.01. The monoisotopic (exact) mass is 274 g/mol. The molecule has 0 spiro atoms. The van der Waals surface area contributed by atoms with Gasteiger partial charge in [-0.3, -0.25) is 0 Å². The fourth-order valence-corrected chi connectivity index (χ4v) is 1.35. The lowest BCUT2D eigenvalue weighted by Crippen LogP contribution is -2.13. The zero-order valence-electron chi connectivity index (χ0n) is 8.40. The highest BCUT2D eigenvalue weighted by atomic mass is 79.9. The van der Waals surface area contributed by atoms with Crippen LogP contribution in [0.1, 0.15) is 23.2 Å². The fraction of sp³-hybridized carbons (Fsp3) is 0.444. The Morgan fingerprint density at radius 2 is 2.40 bits per heavy atom. The molecule has 0 aliphatic carbocycles. The second-order valence-electron chi connectivity index (χ2n) is 3.04. The molecular formula is C9H11BrN2O3. The molecule has 1 rings (SSSR count). The van der Waals surface area contributed by atoms with Crippen molar-refractivity contribution in [3.63, 3.8) is 0 Å². The number of aromatic carboxylic acids is 1. The first-order valence-corrected chi connectivity index (χ1v) is 5.11. The van der Waals surface area contributed by atoms with Crippen molar-refractivity contribution in [3.8, 4) is 0 Å². The van der Waals surface area contributed by atoms with E-state index in [2.05, 4.69) is 25.9 Å². The SMILES string of the molecule is COC(C)Cc1ncc(Br)c(C(=O)O)n1. The zero-order chi connectivity index (χ0) is 11.4. The summed E-state index contributed by atoms with van der Waals surface area (Å²) in [6.07, 6.45) is 1.89. The minimum Gasteiger partial charge on any atom is -0.476 e. The molecule has 82 valence electrons. The van der Waals surface area contributed by atoms with Crippen molar-refractivity contribution in [3.05, 3.63) is 22.2 Å². The van der Waals surface area contributed by atoms with E-state index in [0.29, 0.717) is 16.7 Å². The summed E-state index contributed by atoms with van der Waals surface area (Å²) in [4.78, 5) is 18.7. The minimum atomic E-state index is -1.07. The summed E-state index contributed by atoms with van der Waals surface area (Å²) in [5.74, 6) is -0.611. The average molecular weight is 275 g/mol. The van der Waals surface area contributed by atoms with Crippen LogP contribution < -0.4 is 0 Å². The smallest absolute Gasteiger partial charge is 0.355 e. The quantitative estimate of drug-likeness (QED) is 0.901. The number of hydrogen-bond acceptors (Lipinski definition) is 4. The number of methoxy groups -OCH3 is 1. The van der Waals surface area contributed by atoms with Gasteiger partial charge in [0.15, 0.2) is 5.69 Å². The summed E-state index contributed by atoms with van der Waals surface area (Å²) < 4.78 is 5.42. The van der Waals surface area contributed by atoms with Crippen molar-refractivity contribution in [2.24, 2.45) is 0 Å². The van der Waals surface area contributed by atoms with Gasteiger partial charge >= 0.3 is 5.97 Å². The molecule has 1 aromatic heterocycles. The Kier molecular flexibility index (Phi) is 4.16. The third kappa shape index (κ3) is 3.24. The first-order valence-electron chi connectivity index (χ1n) is 4.32. The molecule has 0 fully saturated rings. The Labute approximate surface area is 95.6 Å². The number of carbonyl (C=O) groups is 1. The van der Waals surface area contributed by atoms with Crippen LogP contribution in [0.2, 0.25) is 0 Å². The lowest BCUT2D eigenvalue weighted by molar-refractivity contribution is 0.0687. The first-order chi connectivity index (χ1) is 7.04. The Morgan fingerprint density at radius 1 is 1.73 bits per heavy atom. The van der Waals surface area contributed by atoms with Crippen LogP contribution in [0.3, 0.4) is 0 Å². The lowest BCUT2D eigenvalue weighted by Gasteiger charge is -2.08. The molecule has 0 aliphatic heterocycles. The number of aromatic nitrogens is 2. The van der Waals surface area contributed by atoms with Gasteiger partial charge in [-0.05, 0) is 22.9 Å². The number of nitrogens with zero attached hydrogens (tertiary/aromatic N) is 2. The fourth-order valence-electron chi connectivity index (χ4n) is 0.992. The summed E-state index contributed by atoms with van der Waals surface area (Å²) in [5.41, 5.74) is -0.0247. The third-order valence-electron chi connectivity index (χ3n) is 1.87. The minimum absolute atomic E-state index is 0.0247. The molecule has 0 aliphatic rings. The molecule has 0 amide bonds. The van der Waals surface area contributed by atoms with E-state index in [0.717, 1.165) is 0 Å². The van der Waals surface area contributed by atoms with E-state index in [1.54, 1.807) is 7.11 Å². The molecule has 1 atom stereocenters. The summed E-state index contributed by atoms with van der Waals surface area (Å²) in [5, 5.41) is 8.83. The highest BCUT2D eigenvalue weighted by molar-refractivity contribution is 9.10. The highest BCUT2D eigenvalue weighted by Crippen LogP contribution is 2.13. The second kappa shape index (κ2) is 5.18. The number of carboxylic acid groups (broad SMARTS) is 1. The molecule has 1 N–H and O–H groups in total. The molecule has 0 bridgehead atoms. The van der Waals surface area contributed by atoms with Crippen LogP contribution in [-0.2, 0) is 11.2 Å². The number of halogens is 1. The van der Waals surface area contributed by atoms with Gasteiger partial charge in [0, 0.05) is 19.7 Å². The standard InChI is InChI=1S/C9H11BrN2O3/c1-5(15-2)3-7-11-4-6(10)8(12-7)9(13)14/h4-5H,3H2,1-2H3,(H,13,14). The molecule has 6 heteroatoms. The van der Waals surface area contributed by atoms with Crippen LogP contribution in [0.25, 0.3) is 0 Å². The predicted molar refractivity (Wildman–Crippen MR) is 56.9 cm³/mol. The topological polar surface area (TPSA) is 72.3 Å². The van der Waals surface area contributed by atoms with Gasteiger partial charge in [-0.25, -0.2) is 14.8 Å². The maximum absolute atomic E-state index is 10.8. The van der Waals surface area contributed by atoms with Crippen LogP contribution >= 0.6 is 15.9 Å². The molecule has 1 aromatic rings. The summed E-state index contributed by atoms with van der Waals surface area (Å²) in [6, 6.07) is 0. The molecule has 0 radical (unpaired) electrons. The zero-order valence-corrected chi connectivity index (χ0v) is 9.98. The Morgan fingerprint density at radius 3 is 2.93 bits per heavy atom. The molecule has 5 nitrogen and oxygen atoms in total. The van der Waals surface area contributed by atoms with Gasteiger partial charge in [0.05, 0.1) is 10.6 Å². The van der Waals surface area contributed by atoms with Gasteiger partial charge in [-0.2, -0.15) is 0 Å². The lowest BCUT2D eigenvalue weighted by atomic mass is 10.2. The molecule has 0 saturated heterocycles. The van der Waals surface area contributed by atoms with E-state index in [1.165, 1.54) is 6.20 Å². The van der Waals surface area contributed by atoms with Crippen molar-refractivity contribution in [2.75, 3.05) is 7.11 Å². The maximum Gasteiger partial charge on any atom is 0.355 e. The molecule has 0 saturated carbocycles. The first kappa shape index (κ1) is 12.1. The molecular weight excluding hydrogens is 264 g/mol. The number of hydrogen-bond donors (Lipinski definition) is 1. The maximum atomic E-state index is 10.8. The second-order valence-corrected chi connectivity index (χ2v) is 3.89. The van der Waals surface area contributed by atoms with Gasteiger partial charge in [0.2, 0.25) is 0 Å². The van der Waals surface area contributed by atoms with Crippen LogP contribution in [-0.4, -0.2) is 34.3 Å². The van der Waals surface area contributed by atoms with E-state index in [4.69, 9.17) is 9.84 Å². The van der Waals surface area contributed by atoms with E-state index in [1.807, 2.05) is 6.92 Å². The molecule has 1 unspecified atom stereocenters. The largest absolute Gasteiger partial charge is 0.476 e. The van der Waals surface area contributed by atoms with Gasteiger partial charge in [-0.1, -0.05) is 0 Å². The molecule has 0 aromatic carbocycles. The van der Waals surface area contributed by atoms with E-state index >= 15 is 0 Å². The Bertz CT molecular complexity index is 370. The van der Waals surface area contributed by atoms with Crippen LogP contribution in [0.5, 0.6) is 0 Å². The van der Waals surface area contributed by atoms with Gasteiger partial charge in [0.25, 0.3) is 0 Å². The third-order valence-corrected chi connectivity index (χ3v) is 2.45. The van der Waals surface area contributed by atoms with E-state index in [9.17, 15) is 4.79 Å². The van der Waals surface area contributed by atoms with Crippen LogP contribution in [0.15, 0.2) is 10.7 Å². The van der Waals surface area contributed by atoms with Crippen molar-refractivity contribution in [2.45, 2.75) is 19.4 Å². The van der Waals surface area contributed by atoms with Crippen molar-refractivity contribution in [1.82, 2.24) is 9.97 Å². The highest BCUT2D eigenvalue weighted by Gasteiger charge is 2.13.